The molecule has 0 unspecified atom stereocenters. The Kier molecular flexibility index (Phi) is 3.95. The molecular formula is C19H17NO5S. The second-order valence-corrected chi connectivity index (χ2v) is 8.47. The first-order valence-electron chi connectivity index (χ1n) is 8.21. The molecular weight excluding hydrogens is 354 g/mol. The highest BCUT2D eigenvalue weighted by Crippen LogP contribution is 2.33. The Hall–Kier alpha value is -2.48. The zero-order chi connectivity index (χ0) is 18.5. The van der Waals surface area contributed by atoms with Gasteiger partial charge in [0.1, 0.15) is 17.7 Å². The van der Waals surface area contributed by atoms with E-state index in [1.807, 2.05) is 6.07 Å². The molecule has 0 spiro atoms. The number of hydrogen-bond acceptors (Lipinski definition) is 6. The fourth-order valence-corrected chi connectivity index (χ4v) is 3.90. The topological polar surface area (TPSA) is 101 Å². The van der Waals surface area contributed by atoms with E-state index in [1.165, 1.54) is 18.2 Å². The second kappa shape index (κ2) is 6.05. The minimum absolute atomic E-state index is 0.0224. The molecule has 134 valence electrons. The monoisotopic (exact) mass is 371 g/mol. The molecule has 1 aromatic heterocycles. The van der Waals surface area contributed by atoms with Crippen LogP contribution in [0.4, 0.5) is 0 Å². The van der Waals surface area contributed by atoms with Crippen LogP contribution in [0.2, 0.25) is 0 Å². The molecule has 0 saturated carbocycles. The molecule has 4 rings (SSSR count). The van der Waals surface area contributed by atoms with Crippen LogP contribution in [0.1, 0.15) is 24.2 Å². The number of hydrogen-bond donors (Lipinski definition) is 2. The molecule has 2 atom stereocenters. The summed E-state index contributed by atoms with van der Waals surface area (Å²) in [4.78, 5) is 4.63. The van der Waals surface area contributed by atoms with Crippen LogP contribution in [0.15, 0.2) is 51.8 Å². The predicted molar refractivity (Wildman–Crippen MR) is 97.2 cm³/mol. The van der Waals surface area contributed by atoms with Gasteiger partial charge in [0, 0.05) is 5.56 Å². The first-order valence-corrected chi connectivity index (χ1v) is 9.86. The van der Waals surface area contributed by atoms with Crippen molar-refractivity contribution in [2.45, 2.75) is 24.0 Å². The average molecular weight is 371 g/mol. The zero-order valence-corrected chi connectivity index (χ0v) is 14.8. The van der Waals surface area contributed by atoms with Crippen LogP contribution in [0.3, 0.4) is 0 Å². The zero-order valence-electron chi connectivity index (χ0n) is 14.0. The van der Waals surface area contributed by atoms with Gasteiger partial charge in [-0.3, -0.25) is 0 Å². The van der Waals surface area contributed by atoms with E-state index in [2.05, 4.69) is 4.98 Å². The third-order valence-corrected chi connectivity index (χ3v) is 6.28. The number of sulfone groups is 1. The van der Waals surface area contributed by atoms with Crippen molar-refractivity contribution in [1.29, 1.82) is 0 Å². The van der Waals surface area contributed by atoms with Crippen molar-refractivity contribution in [3.05, 3.63) is 53.6 Å². The van der Waals surface area contributed by atoms with Gasteiger partial charge in [-0.1, -0.05) is 25.1 Å². The summed E-state index contributed by atoms with van der Waals surface area (Å²) in [7, 11) is -3.31. The van der Waals surface area contributed by atoms with Crippen molar-refractivity contribution in [1.82, 2.24) is 4.98 Å². The van der Waals surface area contributed by atoms with Crippen LogP contribution in [-0.4, -0.2) is 35.5 Å². The van der Waals surface area contributed by atoms with Gasteiger partial charge in [-0.15, -0.1) is 0 Å². The van der Waals surface area contributed by atoms with Crippen molar-refractivity contribution in [2.75, 3.05) is 5.75 Å². The molecule has 0 radical (unpaired) electrons. The summed E-state index contributed by atoms with van der Waals surface area (Å²) in [5, 5.41) is 19.7. The van der Waals surface area contributed by atoms with Gasteiger partial charge in [0.2, 0.25) is 5.89 Å². The van der Waals surface area contributed by atoms with E-state index < -0.39 is 22.0 Å². The highest BCUT2D eigenvalue weighted by molar-refractivity contribution is 7.91. The summed E-state index contributed by atoms with van der Waals surface area (Å²) in [5.74, 6) is 0.386. The smallest absolute Gasteiger partial charge is 0.227 e. The summed E-state index contributed by atoms with van der Waals surface area (Å²) in [6, 6.07) is 9.93. The highest BCUT2D eigenvalue weighted by atomic mass is 32.2. The standard InChI is InChI=1S/C19H17NO5S/c1-2-26(23,24)13-5-8-17-15(10-13)20-19(25-17)12-3-6-14-11(9-12)4-7-16(21)18(14)22/h3-10,16,18,21-22H,2H2,1H3/t16-,18-/m0/s1. The summed E-state index contributed by atoms with van der Waals surface area (Å²) in [6.45, 7) is 1.60. The second-order valence-electron chi connectivity index (χ2n) is 6.19. The van der Waals surface area contributed by atoms with Crippen LogP contribution in [0.5, 0.6) is 0 Å². The van der Waals surface area contributed by atoms with Gasteiger partial charge in [0.15, 0.2) is 15.4 Å². The Balaban J connectivity index is 1.78. The molecule has 1 aliphatic carbocycles. The number of oxazole rings is 1. The maximum absolute atomic E-state index is 12.0. The van der Waals surface area contributed by atoms with Crippen LogP contribution < -0.4 is 0 Å². The Morgan fingerprint density at radius 2 is 1.96 bits per heavy atom. The van der Waals surface area contributed by atoms with Gasteiger partial charge in [-0.05, 0) is 41.5 Å². The third-order valence-electron chi connectivity index (χ3n) is 4.55. The summed E-state index contributed by atoms with van der Waals surface area (Å²) in [5.41, 5.74) is 3.08. The number of nitrogens with zero attached hydrogens (tertiary/aromatic N) is 1. The van der Waals surface area contributed by atoms with Crippen molar-refractivity contribution >= 4 is 27.0 Å². The van der Waals surface area contributed by atoms with Crippen molar-refractivity contribution in [3.8, 4) is 11.5 Å². The van der Waals surface area contributed by atoms with Gasteiger partial charge in [-0.25, -0.2) is 13.4 Å². The molecule has 0 fully saturated rings. The van der Waals surface area contributed by atoms with Crippen molar-refractivity contribution < 1.29 is 23.0 Å². The van der Waals surface area contributed by atoms with Gasteiger partial charge in [-0.2, -0.15) is 0 Å². The molecule has 2 aromatic carbocycles. The summed E-state index contributed by atoms with van der Waals surface area (Å²) in [6.07, 6.45) is 1.39. The molecule has 2 N–H and O–H groups in total. The number of fused-ring (bicyclic) bond motifs is 2. The van der Waals surface area contributed by atoms with E-state index in [0.29, 0.717) is 28.1 Å². The molecule has 26 heavy (non-hydrogen) atoms. The van der Waals surface area contributed by atoms with E-state index in [1.54, 1.807) is 31.2 Å². The molecule has 6 nitrogen and oxygen atoms in total. The van der Waals surface area contributed by atoms with Crippen LogP contribution in [-0.2, 0) is 9.84 Å². The Morgan fingerprint density at radius 3 is 2.73 bits per heavy atom. The minimum Gasteiger partial charge on any atom is -0.436 e. The number of benzene rings is 2. The Bertz CT molecular complexity index is 1130. The molecule has 0 amide bonds. The number of aromatic nitrogens is 1. The van der Waals surface area contributed by atoms with E-state index in [4.69, 9.17) is 4.42 Å². The number of rotatable bonds is 3. The van der Waals surface area contributed by atoms with E-state index >= 15 is 0 Å². The molecule has 3 aromatic rings. The quantitative estimate of drug-likeness (QED) is 0.734. The van der Waals surface area contributed by atoms with Gasteiger partial charge in [0.25, 0.3) is 0 Å². The minimum atomic E-state index is -3.31. The van der Waals surface area contributed by atoms with E-state index in [-0.39, 0.29) is 10.6 Å². The fourth-order valence-electron chi connectivity index (χ4n) is 3.00. The maximum atomic E-state index is 12.0. The fraction of sp³-hybridized carbons (Fsp3) is 0.211. The lowest BCUT2D eigenvalue weighted by Crippen LogP contribution is -2.19. The number of aliphatic hydroxyl groups is 2. The first kappa shape index (κ1) is 17.0. The van der Waals surface area contributed by atoms with Gasteiger partial charge < -0.3 is 14.6 Å². The molecule has 1 aliphatic rings. The lowest BCUT2D eigenvalue weighted by atomic mass is 9.91. The van der Waals surface area contributed by atoms with Crippen LogP contribution in [0, 0.1) is 0 Å². The normalized spacial score (nSPS) is 19.7. The molecule has 0 aliphatic heterocycles. The van der Waals surface area contributed by atoms with Crippen molar-refractivity contribution in [2.24, 2.45) is 0 Å². The van der Waals surface area contributed by atoms with E-state index in [0.717, 1.165) is 5.56 Å². The summed E-state index contributed by atoms with van der Waals surface area (Å²) >= 11 is 0. The number of aliphatic hydroxyl groups excluding tert-OH is 2. The van der Waals surface area contributed by atoms with Crippen LogP contribution >= 0.6 is 0 Å². The maximum Gasteiger partial charge on any atom is 0.227 e. The molecule has 7 heteroatoms. The van der Waals surface area contributed by atoms with Gasteiger partial charge >= 0.3 is 0 Å². The van der Waals surface area contributed by atoms with Crippen LogP contribution in [0.25, 0.3) is 28.6 Å². The SMILES string of the molecule is CCS(=O)(=O)c1ccc2oc(-c3ccc4c(c3)C=C[C@H](O)[C@H]4O)nc2c1. The van der Waals surface area contributed by atoms with E-state index in [9.17, 15) is 18.6 Å². The largest absolute Gasteiger partial charge is 0.436 e. The Morgan fingerprint density at radius 1 is 1.15 bits per heavy atom. The lowest BCUT2D eigenvalue weighted by molar-refractivity contribution is 0.0470. The molecule has 0 bridgehead atoms. The first-order chi connectivity index (χ1) is 12.4. The Labute approximate surface area is 150 Å². The molecule has 1 heterocycles. The predicted octanol–water partition coefficient (Wildman–Crippen LogP) is 2.71. The third kappa shape index (κ3) is 2.74. The highest BCUT2D eigenvalue weighted by Gasteiger charge is 2.23. The molecule has 0 saturated heterocycles. The average Bonchev–Trinajstić information content (AvgIpc) is 3.08. The van der Waals surface area contributed by atoms with Crippen molar-refractivity contribution in [3.63, 3.8) is 0 Å². The lowest BCUT2D eigenvalue weighted by Gasteiger charge is -2.21. The summed E-state index contributed by atoms with van der Waals surface area (Å²) < 4.78 is 29.8. The van der Waals surface area contributed by atoms with Gasteiger partial charge in [0.05, 0.1) is 10.6 Å².